The van der Waals surface area contributed by atoms with Gasteiger partial charge in [0.1, 0.15) is 0 Å². The summed E-state index contributed by atoms with van der Waals surface area (Å²) in [5.74, 6) is -1.29. The van der Waals surface area contributed by atoms with Crippen LogP contribution in [0.25, 0.3) is 0 Å². The number of carbonyl (C=O) groups is 1. The van der Waals surface area contributed by atoms with Gasteiger partial charge in [-0.05, 0) is 31.4 Å². The van der Waals surface area contributed by atoms with E-state index in [1.807, 2.05) is 0 Å². The molecule has 2 rings (SSSR count). The molecule has 1 N–H and O–H groups in total. The minimum absolute atomic E-state index is 0.0695. The van der Waals surface area contributed by atoms with Crippen molar-refractivity contribution >= 4 is 27.4 Å². The van der Waals surface area contributed by atoms with Gasteiger partial charge in [-0.1, -0.05) is 23.7 Å². The van der Waals surface area contributed by atoms with Crippen LogP contribution in [0.2, 0.25) is 5.02 Å². The minimum Gasteiger partial charge on any atom is -0.480 e. The third-order valence-corrected chi connectivity index (χ3v) is 6.18. The normalized spacial score (nSPS) is 18.4. The fraction of sp³-hybridized carbons (Fsp3) is 0.364. The molecule has 1 fully saturated rings. The smallest absolute Gasteiger partial charge is 0.325 e. The second kappa shape index (κ2) is 3.99. The Hall–Kier alpha value is -1.07. The standard InChI is InChI=1S/C11H11ClO4S/c12-8-4-1-2-5-9(8)17(15,16)11(10(13)14)6-3-7-11/h1-2,4-5H,3,6-7H2,(H,13,14). The first kappa shape index (κ1) is 12.4. The SMILES string of the molecule is O=C(O)C1(S(=O)(=O)c2ccccc2Cl)CCC1. The lowest BCUT2D eigenvalue weighted by Crippen LogP contribution is -2.52. The first-order valence-corrected chi connectivity index (χ1v) is 7.00. The molecule has 0 bridgehead atoms. The summed E-state index contributed by atoms with van der Waals surface area (Å²) < 4.78 is 23.0. The van der Waals surface area contributed by atoms with E-state index in [2.05, 4.69) is 0 Å². The summed E-state index contributed by atoms with van der Waals surface area (Å²) in [6.07, 6.45) is 0.905. The number of rotatable bonds is 3. The molecule has 0 atom stereocenters. The summed E-state index contributed by atoms with van der Waals surface area (Å²) in [5.41, 5.74) is 0. The van der Waals surface area contributed by atoms with Gasteiger partial charge in [0.25, 0.3) is 0 Å². The van der Waals surface area contributed by atoms with Crippen LogP contribution in [-0.4, -0.2) is 24.2 Å². The Morgan fingerprint density at radius 2 is 1.88 bits per heavy atom. The van der Waals surface area contributed by atoms with Crippen molar-refractivity contribution in [3.63, 3.8) is 0 Å². The predicted octanol–water partition coefficient (Wildman–Crippen LogP) is 2.12. The lowest BCUT2D eigenvalue weighted by molar-refractivity contribution is -0.142. The second-order valence-corrected chi connectivity index (χ2v) is 6.72. The van der Waals surface area contributed by atoms with Gasteiger partial charge in [0.15, 0.2) is 14.6 Å². The molecule has 0 aliphatic heterocycles. The molecule has 1 aliphatic carbocycles. The number of sulfone groups is 1. The van der Waals surface area contributed by atoms with Gasteiger partial charge in [-0.15, -0.1) is 0 Å². The average Bonchev–Trinajstić information content (AvgIpc) is 2.14. The van der Waals surface area contributed by atoms with Crippen LogP contribution in [0.15, 0.2) is 29.2 Å². The highest BCUT2D eigenvalue weighted by atomic mass is 35.5. The molecule has 0 unspecified atom stereocenters. The van der Waals surface area contributed by atoms with Gasteiger partial charge < -0.3 is 5.11 Å². The van der Waals surface area contributed by atoms with Crippen LogP contribution in [0.5, 0.6) is 0 Å². The van der Waals surface area contributed by atoms with Gasteiger partial charge in [0, 0.05) is 0 Å². The fourth-order valence-corrected chi connectivity index (χ4v) is 4.47. The third kappa shape index (κ3) is 1.65. The topological polar surface area (TPSA) is 71.4 Å². The van der Waals surface area contributed by atoms with Gasteiger partial charge in [-0.3, -0.25) is 4.79 Å². The number of benzene rings is 1. The zero-order valence-corrected chi connectivity index (χ0v) is 10.5. The van der Waals surface area contributed by atoms with Gasteiger partial charge >= 0.3 is 5.97 Å². The van der Waals surface area contributed by atoms with E-state index in [4.69, 9.17) is 16.7 Å². The van der Waals surface area contributed by atoms with Crippen molar-refractivity contribution in [2.24, 2.45) is 0 Å². The first-order valence-electron chi connectivity index (χ1n) is 5.14. The van der Waals surface area contributed by atoms with Crippen LogP contribution in [-0.2, 0) is 14.6 Å². The van der Waals surface area contributed by atoms with Crippen molar-refractivity contribution in [3.05, 3.63) is 29.3 Å². The maximum Gasteiger partial charge on any atom is 0.325 e. The van der Waals surface area contributed by atoms with E-state index < -0.39 is 20.6 Å². The van der Waals surface area contributed by atoms with Crippen molar-refractivity contribution in [3.8, 4) is 0 Å². The molecular formula is C11H11ClO4S. The summed E-state index contributed by atoms with van der Waals surface area (Å²) in [5, 5.41) is 9.22. The Bertz CT molecular complexity index is 561. The maximum atomic E-state index is 12.3. The Labute approximate surface area is 104 Å². The fourth-order valence-electron chi connectivity index (χ4n) is 1.97. The summed E-state index contributed by atoms with van der Waals surface area (Å²) in [6, 6.07) is 5.94. The highest BCUT2D eigenvalue weighted by Gasteiger charge is 2.56. The Morgan fingerprint density at radius 1 is 1.29 bits per heavy atom. The van der Waals surface area contributed by atoms with Gasteiger partial charge in [0.05, 0.1) is 9.92 Å². The molecule has 1 aromatic carbocycles. The van der Waals surface area contributed by atoms with Crippen LogP contribution in [0.1, 0.15) is 19.3 Å². The van der Waals surface area contributed by atoms with Crippen LogP contribution >= 0.6 is 11.6 Å². The number of aliphatic carboxylic acids is 1. The first-order chi connectivity index (χ1) is 7.92. The molecule has 0 amide bonds. The predicted molar refractivity (Wildman–Crippen MR) is 62.9 cm³/mol. The summed E-state index contributed by atoms with van der Waals surface area (Å²) >= 11 is 5.83. The molecule has 4 nitrogen and oxygen atoms in total. The van der Waals surface area contributed by atoms with Crippen molar-refractivity contribution in [2.45, 2.75) is 28.9 Å². The summed E-state index contributed by atoms with van der Waals surface area (Å²) in [7, 11) is -3.93. The van der Waals surface area contributed by atoms with Crippen molar-refractivity contribution in [2.75, 3.05) is 0 Å². The molecule has 1 aromatic rings. The summed E-state index contributed by atoms with van der Waals surface area (Å²) in [4.78, 5) is 11.1. The molecule has 1 aliphatic rings. The lowest BCUT2D eigenvalue weighted by Gasteiger charge is -2.36. The zero-order chi connectivity index (χ0) is 12.7. The Morgan fingerprint density at radius 3 is 2.29 bits per heavy atom. The van der Waals surface area contributed by atoms with Crippen LogP contribution in [0.3, 0.4) is 0 Å². The van der Waals surface area contributed by atoms with Gasteiger partial charge in [-0.2, -0.15) is 0 Å². The van der Waals surface area contributed by atoms with E-state index in [1.165, 1.54) is 18.2 Å². The van der Waals surface area contributed by atoms with Crippen LogP contribution in [0.4, 0.5) is 0 Å². The average molecular weight is 275 g/mol. The van der Waals surface area contributed by atoms with E-state index in [0.29, 0.717) is 6.42 Å². The monoisotopic (exact) mass is 274 g/mol. The maximum absolute atomic E-state index is 12.3. The largest absolute Gasteiger partial charge is 0.480 e. The van der Waals surface area contributed by atoms with Crippen molar-refractivity contribution in [1.29, 1.82) is 0 Å². The molecule has 0 saturated heterocycles. The molecule has 0 spiro atoms. The number of carboxylic acids is 1. The number of hydrogen-bond donors (Lipinski definition) is 1. The number of carboxylic acid groups (broad SMARTS) is 1. The Balaban J connectivity index is 2.58. The van der Waals surface area contributed by atoms with E-state index in [-0.39, 0.29) is 22.8 Å². The molecule has 17 heavy (non-hydrogen) atoms. The number of halogens is 1. The van der Waals surface area contributed by atoms with E-state index >= 15 is 0 Å². The van der Waals surface area contributed by atoms with E-state index in [0.717, 1.165) is 0 Å². The summed E-state index contributed by atoms with van der Waals surface area (Å²) in [6.45, 7) is 0. The molecule has 92 valence electrons. The highest BCUT2D eigenvalue weighted by molar-refractivity contribution is 7.93. The lowest BCUT2D eigenvalue weighted by atomic mass is 9.84. The van der Waals surface area contributed by atoms with Gasteiger partial charge in [-0.25, -0.2) is 8.42 Å². The highest BCUT2D eigenvalue weighted by Crippen LogP contribution is 2.44. The van der Waals surface area contributed by atoms with Crippen molar-refractivity contribution < 1.29 is 18.3 Å². The zero-order valence-electron chi connectivity index (χ0n) is 8.89. The van der Waals surface area contributed by atoms with Crippen LogP contribution < -0.4 is 0 Å². The molecular weight excluding hydrogens is 264 g/mol. The Kier molecular flexibility index (Phi) is 2.91. The molecule has 0 heterocycles. The molecule has 0 radical (unpaired) electrons. The molecule has 6 heteroatoms. The van der Waals surface area contributed by atoms with E-state index in [1.54, 1.807) is 6.07 Å². The number of hydrogen-bond acceptors (Lipinski definition) is 3. The van der Waals surface area contributed by atoms with Gasteiger partial charge in [0.2, 0.25) is 0 Å². The molecule has 1 saturated carbocycles. The van der Waals surface area contributed by atoms with Crippen molar-refractivity contribution in [1.82, 2.24) is 0 Å². The van der Waals surface area contributed by atoms with E-state index in [9.17, 15) is 13.2 Å². The third-order valence-electron chi connectivity index (χ3n) is 3.19. The second-order valence-electron chi connectivity index (χ2n) is 4.09. The quantitative estimate of drug-likeness (QED) is 0.916. The molecule has 0 aromatic heterocycles. The van der Waals surface area contributed by atoms with Crippen LogP contribution in [0, 0.1) is 0 Å². The minimum atomic E-state index is -3.93.